The summed E-state index contributed by atoms with van der Waals surface area (Å²) >= 11 is 3.33. The van der Waals surface area contributed by atoms with Crippen molar-refractivity contribution in [3.05, 3.63) is 28.2 Å². The summed E-state index contributed by atoms with van der Waals surface area (Å²) in [6.07, 6.45) is 0. The van der Waals surface area contributed by atoms with Gasteiger partial charge < -0.3 is 20.4 Å². The number of piperazine rings is 1. The van der Waals surface area contributed by atoms with E-state index in [9.17, 15) is 9.59 Å². The van der Waals surface area contributed by atoms with Crippen LogP contribution in [0.15, 0.2) is 22.7 Å². The number of nitrogen functional groups attached to an aromatic ring is 1. The van der Waals surface area contributed by atoms with Crippen molar-refractivity contribution in [2.24, 2.45) is 0 Å². The van der Waals surface area contributed by atoms with Gasteiger partial charge in [0.25, 0.3) is 5.91 Å². The second-order valence-corrected chi connectivity index (χ2v) is 6.05. The quantitative estimate of drug-likeness (QED) is 0.776. The molecule has 2 rings (SSSR count). The maximum atomic E-state index is 12.4. The van der Waals surface area contributed by atoms with Gasteiger partial charge in [-0.1, -0.05) is 0 Å². The fourth-order valence-electron chi connectivity index (χ4n) is 2.23. The first-order chi connectivity index (χ1) is 9.90. The van der Waals surface area contributed by atoms with Crippen LogP contribution in [0.4, 0.5) is 10.5 Å². The Labute approximate surface area is 132 Å². The highest BCUT2D eigenvalue weighted by atomic mass is 79.9. The van der Waals surface area contributed by atoms with E-state index in [-0.39, 0.29) is 11.9 Å². The van der Waals surface area contributed by atoms with Crippen LogP contribution >= 0.6 is 15.9 Å². The van der Waals surface area contributed by atoms with Crippen LogP contribution in [0.1, 0.15) is 10.4 Å². The van der Waals surface area contributed by atoms with Gasteiger partial charge in [0.1, 0.15) is 0 Å². The third kappa shape index (κ3) is 3.47. The third-order valence-corrected chi connectivity index (χ3v) is 4.15. The summed E-state index contributed by atoms with van der Waals surface area (Å²) in [7, 11) is 3.46. The summed E-state index contributed by atoms with van der Waals surface area (Å²) in [4.78, 5) is 29.3. The molecule has 0 aromatic heterocycles. The van der Waals surface area contributed by atoms with Gasteiger partial charge in [-0.15, -0.1) is 0 Å². The molecule has 2 N–H and O–H groups in total. The Bertz CT molecular complexity index is 554. The van der Waals surface area contributed by atoms with Gasteiger partial charge in [-0.05, 0) is 34.1 Å². The van der Waals surface area contributed by atoms with Crippen molar-refractivity contribution >= 4 is 33.6 Å². The van der Waals surface area contributed by atoms with E-state index in [0.29, 0.717) is 37.4 Å². The molecule has 0 bridgehead atoms. The number of carbonyl (C=O) groups is 2. The van der Waals surface area contributed by atoms with Gasteiger partial charge in [0.2, 0.25) is 0 Å². The lowest BCUT2D eigenvalue weighted by molar-refractivity contribution is 0.0650. The van der Waals surface area contributed by atoms with Crippen LogP contribution in [0.5, 0.6) is 0 Å². The lowest BCUT2D eigenvalue weighted by Crippen LogP contribution is -2.52. The minimum Gasteiger partial charge on any atom is -0.398 e. The third-order valence-electron chi connectivity index (χ3n) is 3.47. The van der Waals surface area contributed by atoms with Gasteiger partial charge in [0.15, 0.2) is 0 Å². The molecule has 1 aliphatic rings. The zero-order valence-electron chi connectivity index (χ0n) is 12.2. The zero-order chi connectivity index (χ0) is 15.6. The first kappa shape index (κ1) is 15.6. The molecule has 0 spiro atoms. The molecule has 1 fully saturated rings. The fraction of sp³-hybridized carbons (Fsp3) is 0.429. The van der Waals surface area contributed by atoms with Crippen molar-refractivity contribution < 1.29 is 9.59 Å². The van der Waals surface area contributed by atoms with E-state index in [1.165, 1.54) is 0 Å². The van der Waals surface area contributed by atoms with Gasteiger partial charge >= 0.3 is 6.03 Å². The number of hydrogen-bond donors (Lipinski definition) is 1. The Morgan fingerprint density at radius 3 is 2.24 bits per heavy atom. The number of hydrogen-bond acceptors (Lipinski definition) is 3. The van der Waals surface area contributed by atoms with E-state index in [4.69, 9.17) is 5.73 Å². The number of halogens is 1. The molecule has 0 unspecified atom stereocenters. The van der Waals surface area contributed by atoms with Crippen molar-refractivity contribution in [1.82, 2.24) is 14.7 Å². The first-order valence-electron chi connectivity index (χ1n) is 6.70. The standard InChI is InChI=1S/C14H19BrN4O2/c1-17(2)14(21)19-7-5-18(6-8-19)13(20)10-3-4-12(16)11(15)9-10/h3-4,9H,5-8,16H2,1-2H3. The lowest BCUT2D eigenvalue weighted by atomic mass is 10.1. The minimum absolute atomic E-state index is 0.0164. The largest absolute Gasteiger partial charge is 0.398 e. The molecular formula is C14H19BrN4O2. The van der Waals surface area contributed by atoms with E-state index in [0.717, 1.165) is 4.47 Å². The van der Waals surface area contributed by atoms with Crippen LogP contribution < -0.4 is 5.73 Å². The van der Waals surface area contributed by atoms with Crippen molar-refractivity contribution in [2.75, 3.05) is 46.0 Å². The van der Waals surface area contributed by atoms with Gasteiger partial charge in [0.05, 0.1) is 0 Å². The zero-order valence-corrected chi connectivity index (χ0v) is 13.8. The van der Waals surface area contributed by atoms with E-state index >= 15 is 0 Å². The molecule has 1 aromatic carbocycles. The van der Waals surface area contributed by atoms with Crippen LogP contribution in [-0.4, -0.2) is 66.9 Å². The number of amides is 3. The molecule has 1 saturated heterocycles. The molecule has 0 atom stereocenters. The van der Waals surface area contributed by atoms with Crippen LogP contribution in [0.25, 0.3) is 0 Å². The summed E-state index contributed by atoms with van der Waals surface area (Å²) in [6, 6.07) is 5.15. The molecule has 1 aromatic rings. The highest BCUT2D eigenvalue weighted by Gasteiger charge is 2.25. The van der Waals surface area contributed by atoms with Gasteiger partial charge in [-0.25, -0.2) is 4.79 Å². The Hall–Kier alpha value is -1.76. The maximum absolute atomic E-state index is 12.4. The SMILES string of the molecule is CN(C)C(=O)N1CCN(C(=O)c2ccc(N)c(Br)c2)CC1. The second kappa shape index (κ2) is 6.34. The molecule has 1 aliphatic heterocycles. The number of benzene rings is 1. The summed E-state index contributed by atoms with van der Waals surface area (Å²) < 4.78 is 0.717. The Morgan fingerprint density at radius 2 is 1.71 bits per heavy atom. The molecular weight excluding hydrogens is 336 g/mol. The van der Waals surface area contributed by atoms with E-state index < -0.39 is 0 Å². The fourth-order valence-corrected chi connectivity index (χ4v) is 2.61. The number of anilines is 1. The predicted molar refractivity (Wildman–Crippen MR) is 85.1 cm³/mol. The highest BCUT2D eigenvalue weighted by Crippen LogP contribution is 2.21. The van der Waals surface area contributed by atoms with Gasteiger partial charge in [-0.2, -0.15) is 0 Å². The summed E-state index contributed by atoms with van der Waals surface area (Å²) in [5, 5.41) is 0. The normalized spacial score (nSPS) is 15.0. The molecule has 0 saturated carbocycles. The topological polar surface area (TPSA) is 69.9 Å². The number of urea groups is 1. The molecule has 21 heavy (non-hydrogen) atoms. The van der Waals surface area contributed by atoms with Crippen molar-refractivity contribution in [2.45, 2.75) is 0 Å². The highest BCUT2D eigenvalue weighted by molar-refractivity contribution is 9.10. The summed E-state index contributed by atoms with van der Waals surface area (Å²) in [6.45, 7) is 2.19. The monoisotopic (exact) mass is 354 g/mol. The first-order valence-corrected chi connectivity index (χ1v) is 7.50. The average molecular weight is 355 g/mol. The van der Waals surface area contributed by atoms with Crippen LogP contribution in [0.2, 0.25) is 0 Å². The van der Waals surface area contributed by atoms with Crippen LogP contribution in [0, 0.1) is 0 Å². The Morgan fingerprint density at radius 1 is 1.14 bits per heavy atom. The molecule has 6 nitrogen and oxygen atoms in total. The maximum Gasteiger partial charge on any atom is 0.319 e. The molecule has 0 radical (unpaired) electrons. The minimum atomic E-state index is -0.0346. The van der Waals surface area contributed by atoms with Crippen LogP contribution in [-0.2, 0) is 0 Å². The molecule has 1 heterocycles. The van der Waals surface area contributed by atoms with E-state index in [1.54, 1.807) is 47.0 Å². The van der Waals surface area contributed by atoms with Gasteiger partial charge in [-0.3, -0.25) is 4.79 Å². The number of carbonyl (C=O) groups excluding carboxylic acids is 2. The van der Waals surface area contributed by atoms with E-state index in [1.807, 2.05) is 0 Å². The average Bonchev–Trinajstić information content (AvgIpc) is 2.48. The Balaban J connectivity index is 2.00. The molecule has 114 valence electrons. The Kier molecular flexibility index (Phi) is 4.72. The molecule has 3 amide bonds. The lowest BCUT2D eigenvalue weighted by Gasteiger charge is -2.36. The van der Waals surface area contributed by atoms with Crippen molar-refractivity contribution in [3.63, 3.8) is 0 Å². The number of nitrogens with two attached hydrogens (primary N) is 1. The molecule has 7 heteroatoms. The smallest absolute Gasteiger partial charge is 0.319 e. The van der Waals surface area contributed by atoms with Crippen LogP contribution in [0.3, 0.4) is 0 Å². The van der Waals surface area contributed by atoms with E-state index in [2.05, 4.69) is 15.9 Å². The number of rotatable bonds is 1. The number of nitrogens with zero attached hydrogens (tertiary/aromatic N) is 3. The second-order valence-electron chi connectivity index (χ2n) is 5.19. The predicted octanol–water partition coefficient (Wildman–Crippen LogP) is 1.47. The van der Waals surface area contributed by atoms with Gasteiger partial charge in [0, 0.05) is 56.0 Å². The summed E-state index contributed by atoms with van der Waals surface area (Å²) in [5.41, 5.74) is 6.93. The molecule has 0 aliphatic carbocycles. The summed E-state index contributed by atoms with van der Waals surface area (Å²) in [5.74, 6) is -0.0346. The van der Waals surface area contributed by atoms with Crippen molar-refractivity contribution in [3.8, 4) is 0 Å². The van der Waals surface area contributed by atoms with Crippen molar-refractivity contribution in [1.29, 1.82) is 0 Å².